The topological polar surface area (TPSA) is 79.4 Å². The molecule has 2 aromatic rings. The smallest absolute Gasteiger partial charge is 0.263 e. The lowest BCUT2D eigenvalue weighted by Gasteiger charge is -2.08. The molecule has 1 N–H and O–H groups in total. The van der Waals surface area contributed by atoms with Crippen molar-refractivity contribution in [3.05, 3.63) is 32.6 Å². The molecule has 2 heterocycles. The molecule has 6 nitrogen and oxygen atoms in total. The summed E-state index contributed by atoms with van der Waals surface area (Å²) >= 11 is 2.51. The molecule has 1 amide bonds. The number of nitrogens with zero attached hydrogens (tertiary/aromatic N) is 2. The van der Waals surface area contributed by atoms with Crippen molar-refractivity contribution in [2.75, 3.05) is 14.1 Å². The molecule has 22 heavy (non-hydrogen) atoms. The van der Waals surface area contributed by atoms with E-state index in [1.165, 1.54) is 29.7 Å². The third-order valence-electron chi connectivity index (χ3n) is 2.90. The summed E-state index contributed by atoms with van der Waals surface area (Å²) < 4.78 is 25.4. The summed E-state index contributed by atoms with van der Waals surface area (Å²) in [4.78, 5) is 17.7. The maximum absolute atomic E-state index is 12.1. The lowest BCUT2D eigenvalue weighted by molar-refractivity contribution is 0.0954. The van der Waals surface area contributed by atoms with Crippen LogP contribution in [-0.2, 0) is 16.6 Å². The molecule has 0 aliphatic rings. The number of hydrogen-bond donors (Lipinski definition) is 1. The van der Waals surface area contributed by atoms with Crippen molar-refractivity contribution >= 4 is 38.6 Å². The molecule has 9 heteroatoms. The highest BCUT2D eigenvalue weighted by Gasteiger charge is 2.20. The molecule has 0 atom stereocenters. The second-order valence-corrected chi connectivity index (χ2v) is 9.59. The van der Waals surface area contributed by atoms with Gasteiger partial charge >= 0.3 is 0 Å². The first-order valence-electron chi connectivity index (χ1n) is 6.45. The van der Waals surface area contributed by atoms with Crippen molar-refractivity contribution in [3.8, 4) is 0 Å². The zero-order valence-corrected chi connectivity index (χ0v) is 15.2. The van der Waals surface area contributed by atoms with Crippen LogP contribution in [0.15, 0.2) is 16.3 Å². The van der Waals surface area contributed by atoms with E-state index in [-0.39, 0.29) is 10.1 Å². The van der Waals surface area contributed by atoms with Gasteiger partial charge in [0.2, 0.25) is 0 Å². The van der Waals surface area contributed by atoms with Gasteiger partial charge < -0.3 is 5.32 Å². The van der Waals surface area contributed by atoms with Crippen LogP contribution in [0.25, 0.3) is 0 Å². The first-order chi connectivity index (χ1) is 10.2. The summed E-state index contributed by atoms with van der Waals surface area (Å²) in [6, 6.07) is 3.27. The predicted octanol–water partition coefficient (Wildman–Crippen LogP) is 2.00. The van der Waals surface area contributed by atoms with E-state index in [0.717, 1.165) is 21.2 Å². The number of carbonyl (C=O) groups is 1. The average molecular weight is 359 g/mol. The van der Waals surface area contributed by atoms with Crippen molar-refractivity contribution in [2.45, 2.75) is 24.6 Å². The number of aromatic nitrogens is 1. The molecule has 2 aromatic heterocycles. The van der Waals surface area contributed by atoms with Gasteiger partial charge in [0.25, 0.3) is 15.9 Å². The number of aryl methyl sites for hydroxylation is 2. The maximum atomic E-state index is 12.1. The van der Waals surface area contributed by atoms with Gasteiger partial charge in [0.1, 0.15) is 9.09 Å². The van der Waals surface area contributed by atoms with E-state index >= 15 is 0 Å². The standard InChI is InChI=1S/C13H17N3O3S3/c1-8-12(20-9(2)15-8)13(17)14-7-10-5-6-11(21-10)22(18,19)16(3)4/h5-6H,7H2,1-4H3,(H,14,17). The molecule has 0 bridgehead atoms. The normalized spacial score (nSPS) is 11.9. The quantitative estimate of drug-likeness (QED) is 0.885. The highest BCUT2D eigenvalue weighted by Crippen LogP contribution is 2.24. The molecule has 0 saturated carbocycles. The molecular weight excluding hydrogens is 342 g/mol. The van der Waals surface area contributed by atoms with E-state index in [2.05, 4.69) is 10.3 Å². The number of nitrogens with one attached hydrogen (secondary N) is 1. The van der Waals surface area contributed by atoms with Crippen LogP contribution < -0.4 is 5.32 Å². The number of amides is 1. The Balaban J connectivity index is 2.06. The SMILES string of the molecule is Cc1nc(C)c(C(=O)NCc2ccc(S(=O)(=O)N(C)C)s2)s1. The first-order valence-corrected chi connectivity index (χ1v) is 9.52. The largest absolute Gasteiger partial charge is 0.346 e. The summed E-state index contributed by atoms with van der Waals surface area (Å²) in [6.07, 6.45) is 0. The molecule has 120 valence electrons. The Morgan fingerprint density at radius 1 is 1.27 bits per heavy atom. The fourth-order valence-electron chi connectivity index (χ4n) is 1.76. The molecule has 0 saturated heterocycles. The average Bonchev–Trinajstić information content (AvgIpc) is 3.02. The molecule has 0 radical (unpaired) electrons. The van der Waals surface area contributed by atoms with Gasteiger partial charge in [-0.15, -0.1) is 22.7 Å². The molecule has 0 unspecified atom stereocenters. The van der Waals surface area contributed by atoms with Crippen LogP contribution in [-0.4, -0.2) is 37.7 Å². The monoisotopic (exact) mass is 359 g/mol. The first kappa shape index (κ1) is 17.1. The molecular formula is C13H17N3O3S3. The van der Waals surface area contributed by atoms with Crippen molar-refractivity contribution in [1.82, 2.24) is 14.6 Å². The second-order valence-electron chi connectivity index (χ2n) is 4.84. The van der Waals surface area contributed by atoms with Gasteiger partial charge in [-0.05, 0) is 26.0 Å². The zero-order chi connectivity index (χ0) is 16.5. The van der Waals surface area contributed by atoms with Gasteiger partial charge in [0, 0.05) is 19.0 Å². The van der Waals surface area contributed by atoms with Crippen molar-refractivity contribution < 1.29 is 13.2 Å². The van der Waals surface area contributed by atoms with Gasteiger partial charge in [-0.25, -0.2) is 17.7 Å². The zero-order valence-electron chi connectivity index (χ0n) is 12.7. The Hall–Kier alpha value is -1.29. The Morgan fingerprint density at radius 2 is 1.95 bits per heavy atom. The van der Waals surface area contributed by atoms with E-state index in [9.17, 15) is 13.2 Å². The van der Waals surface area contributed by atoms with Gasteiger partial charge in [0.15, 0.2) is 0 Å². The summed E-state index contributed by atoms with van der Waals surface area (Å²) in [5, 5.41) is 3.64. The summed E-state index contributed by atoms with van der Waals surface area (Å²) in [5.41, 5.74) is 0.710. The Kier molecular flexibility index (Phi) is 5.00. The number of carbonyl (C=O) groups excluding carboxylic acids is 1. The lowest BCUT2D eigenvalue weighted by atomic mass is 10.3. The van der Waals surface area contributed by atoms with Crippen LogP contribution in [0.2, 0.25) is 0 Å². The summed E-state index contributed by atoms with van der Waals surface area (Å²) in [5.74, 6) is -0.187. The fourth-order valence-corrected chi connectivity index (χ4v) is 5.06. The summed E-state index contributed by atoms with van der Waals surface area (Å²) in [7, 11) is -0.436. The molecule has 0 aliphatic heterocycles. The summed E-state index contributed by atoms with van der Waals surface area (Å²) in [6.45, 7) is 3.94. The number of thiophene rings is 1. The van der Waals surface area contributed by atoms with Crippen LogP contribution >= 0.6 is 22.7 Å². The number of sulfonamides is 1. The minimum Gasteiger partial charge on any atom is -0.346 e. The second kappa shape index (κ2) is 6.45. The van der Waals surface area contributed by atoms with Crippen LogP contribution in [0.3, 0.4) is 0 Å². The Bertz CT molecular complexity index is 791. The number of thiazole rings is 1. The van der Waals surface area contributed by atoms with Crippen LogP contribution in [0.5, 0.6) is 0 Å². The van der Waals surface area contributed by atoms with Gasteiger partial charge in [-0.2, -0.15) is 0 Å². The van der Waals surface area contributed by atoms with E-state index in [1.807, 2.05) is 6.92 Å². The minimum absolute atomic E-state index is 0.187. The molecule has 2 rings (SSSR count). The number of hydrogen-bond acceptors (Lipinski definition) is 6. The lowest BCUT2D eigenvalue weighted by Crippen LogP contribution is -2.22. The molecule has 0 aliphatic carbocycles. The van der Waals surface area contributed by atoms with Crippen LogP contribution in [0, 0.1) is 13.8 Å². The minimum atomic E-state index is -3.42. The van der Waals surface area contributed by atoms with E-state index in [4.69, 9.17) is 0 Å². The highest BCUT2D eigenvalue weighted by molar-refractivity contribution is 7.91. The van der Waals surface area contributed by atoms with Gasteiger partial charge in [0.05, 0.1) is 17.2 Å². The van der Waals surface area contributed by atoms with Crippen LogP contribution in [0.4, 0.5) is 0 Å². The fraction of sp³-hybridized carbons (Fsp3) is 0.385. The predicted molar refractivity (Wildman–Crippen MR) is 88.0 cm³/mol. The van der Waals surface area contributed by atoms with E-state index in [0.29, 0.717) is 17.1 Å². The van der Waals surface area contributed by atoms with E-state index < -0.39 is 10.0 Å². The number of rotatable bonds is 5. The third-order valence-corrected chi connectivity index (χ3v) is 7.34. The third kappa shape index (κ3) is 3.54. The van der Waals surface area contributed by atoms with Crippen molar-refractivity contribution in [1.29, 1.82) is 0 Å². The van der Waals surface area contributed by atoms with Crippen molar-refractivity contribution in [3.63, 3.8) is 0 Å². The molecule has 0 fully saturated rings. The van der Waals surface area contributed by atoms with Crippen LogP contribution in [0.1, 0.15) is 25.3 Å². The molecule has 0 aromatic carbocycles. The van der Waals surface area contributed by atoms with Gasteiger partial charge in [-0.1, -0.05) is 0 Å². The maximum Gasteiger partial charge on any atom is 0.263 e. The highest BCUT2D eigenvalue weighted by atomic mass is 32.2. The Morgan fingerprint density at radius 3 is 2.50 bits per heavy atom. The molecule has 0 spiro atoms. The van der Waals surface area contributed by atoms with Gasteiger partial charge in [-0.3, -0.25) is 4.79 Å². The Labute approximate surface area is 137 Å². The van der Waals surface area contributed by atoms with Crippen molar-refractivity contribution in [2.24, 2.45) is 0 Å². The van der Waals surface area contributed by atoms with E-state index in [1.54, 1.807) is 19.1 Å².